The zero-order chi connectivity index (χ0) is 23.5. The predicted molar refractivity (Wildman–Crippen MR) is 126 cm³/mol. The van der Waals surface area contributed by atoms with Crippen LogP contribution in [0.15, 0.2) is 0 Å². The minimum Gasteiger partial charge on any atom is -0.460 e. The van der Waals surface area contributed by atoms with Gasteiger partial charge in [-0.1, -0.05) is 20.8 Å². The fourth-order valence-electron chi connectivity index (χ4n) is 8.93. The standard InChI is InChI=1S/C28H46O4/c1-17(7-10-24(31)32-26(2,3)4)20-8-9-21-25-22(12-14-28(20,21)6)27(5)13-11-19(29)15-18(27)16-23(25)30/h17-18,20-23,25,30H,7-16H2,1-6H3/t17-,18+,20?,21+,22+,23+,25+,27+,28-/m1/s1. The lowest BCUT2D eigenvalue weighted by molar-refractivity contribution is -0.169. The molecule has 4 aliphatic rings. The molecule has 0 aromatic heterocycles. The number of aliphatic hydroxyl groups is 1. The van der Waals surface area contributed by atoms with Crippen LogP contribution >= 0.6 is 0 Å². The lowest BCUT2D eigenvalue weighted by atomic mass is 9.44. The van der Waals surface area contributed by atoms with Crippen molar-refractivity contribution < 1.29 is 19.4 Å². The van der Waals surface area contributed by atoms with Crippen LogP contribution in [0.4, 0.5) is 0 Å². The highest BCUT2D eigenvalue weighted by atomic mass is 16.6. The van der Waals surface area contributed by atoms with Gasteiger partial charge in [0.1, 0.15) is 11.4 Å². The van der Waals surface area contributed by atoms with E-state index in [1.165, 1.54) is 25.7 Å². The third-order valence-corrected chi connectivity index (χ3v) is 10.5. The van der Waals surface area contributed by atoms with Gasteiger partial charge in [0.15, 0.2) is 0 Å². The Morgan fingerprint density at radius 3 is 2.50 bits per heavy atom. The lowest BCUT2D eigenvalue weighted by Crippen LogP contribution is -2.58. The van der Waals surface area contributed by atoms with E-state index >= 15 is 0 Å². The summed E-state index contributed by atoms with van der Waals surface area (Å²) in [6.07, 6.45) is 9.21. The van der Waals surface area contributed by atoms with Gasteiger partial charge in [-0.2, -0.15) is 0 Å². The van der Waals surface area contributed by atoms with Gasteiger partial charge in [-0.15, -0.1) is 0 Å². The Kier molecular flexibility index (Phi) is 6.36. The Morgan fingerprint density at radius 1 is 1.12 bits per heavy atom. The summed E-state index contributed by atoms with van der Waals surface area (Å²) < 4.78 is 5.54. The number of ketones is 1. The minimum absolute atomic E-state index is 0.0822. The van der Waals surface area contributed by atoms with Gasteiger partial charge in [-0.3, -0.25) is 9.59 Å². The number of esters is 1. The van der Waals surface area contributed by atoms with E-state index in [9.17, 15) is 14.7 Å². The van der Waals surface area contributed by atoms with E-state index in [0.717, 1.165) is 25.7 Å². The molecule has 0 heterocycles. The van der Waals surface area contributed by atoms with Crippen LogP contribution in [0, 0.1) is 46.3 Å². The maximum absolute atomic E-state index is 12.3. The first-order chi connectivity index (χ1) is 14.8. The first kappa shape index (κ1) is 24.2. The maximum Gasteiger partial charge on any atom is 0.306 e. The van der Waals surface area contributed by atoms with Crippen LogP contribution in [0.1, 0.15) is 106 Å². The van der Waals surface area contributed by atoms with Gasteiger partial charge < -0.3 is 9.84 Å². The Labute approximate surface area is 195 Å². The topological polar surface area (TPSA) is 63.6 Å². The van der Waals surface area contributed by atoms with Gasteiger partial charge in [0.05, 0.1) is 6.10 Å². The van der Waals surface area contributed by atoms with Crippen LogP contribution < -0.4 is 0 Å². The molecule has 4 rings (SSSR count). The van der Waals surface area contributed by atoms with Crippen molar-refractivity contribution in [3.8, 4) is 0 Å². The molecule has 0 bridgehead atoms. The number of carbonyl (C=O) groups is 2. The van der Waals surface area contributed by atoms with Crippen LogP contribution in [-0.2, 0) is 14.3 Å². The first-order valence-corrected chi connectivity index (χ1v) is 13.3. The van der Waals surface area contributed by atoms with Gasteiger partial charge in [-0.05, 0) is 112 Å². The second kappa shape index (κ2) is 8.40. The highest BCUT2D eigenvalue weighted by Crippen LogP contribution is 2.68. The molecule has 0 saturated heterocycles. The van der Waals surface area contributed by atoms with E-state index in [1.807, 2.05) is 20.8 Å². The Bertz CT molecular complexity index is 738. The molecule has 0 radical (unpaired) electrons. The quantitative estimate of drug-likeness (QED) is 0.543. The van der Waals surface area contributed by atoms with Crippen LogP contribution in [0.3, 0.4) is 0 Å². The molecule has 0 aliphatic heterocycles. The molecule has 0 amide bonds. The molecule has 4 aliphatic carbocycles. The summed E-state index contributed by atoms with van der Waals surface area (Å²) in [5.74, 6) is 3.30. The van der Waals surface area contributed by atoms with E-state index in [0.29, 0.717) is 54.1 Å². The highest BCUT2D eigenvalue weighted by Gasteiger charge is 2.62. The average molecular weight is 447 g/mol. The number of rotatable bonds is 4. The van der Waals surface area contributed by atoms with E-state index in [-0.39, 0.29) is 22.9 Å². The second-order valence-electron chi connectivity index (χ2n) is 13.4. The number of fused-ring (bicyclic) bond motifs is 5. The van der Waals surface area contributed by atoms with Crippen molar-refractivity contribution in [3.05, 3.63) is 0 Å². The fraction of sp³-hybridized carbons (Fsp3) is 0.929. The van der Waals surface area contributed by atoms with Crippen molar-refractivity contribution in [1.29, 1.82) is 0 Å². The van der Waals surface area contributed by atoms with E-state index < -0.39 is 5.60 Å². The number of Topliss-reactive ketones (excluding diaryl/α,β-unsaturated/α-hetero) is 1. The molecule has 32 heavy (non-hydrogen) atoms. The van der Waals surface area contributed by atoms with Crippen LogP contribution in [0.2, 0.25) is 0 Å². The second-order valence-corrected chi connectivity index (χ2v) is 13.4. The summed E-state index contributed by atoms with van der Waals surface area (Å²) >= 11 is 0. The fourth-order valence-corrected chi connectivity index (χ4v) is 8.93. The van der Waals surface area contributed by atoms with Crippen molar-refractivity contribution >= 4 is 11.8 Å². The van der Waals surface area contributed by atoms with Gasteiger partial charge in [-0.25, -0.2) is 0 Å². The van der Waals surface area contributed by atoms with Gasteiger partial charge in [0.25, 0.3) is 0 Å². The molecule has 4 saturated carbocycles. The summed E-state index contributed by atoms with van der Waals surface area (Å²) in [7, 11) is 0. The molecule has 0 aromatic rings. The molecule has 4 heteroatoms. The van der Waals surface area contributed by atoms with Gasteiger partial charge in [0, 0.05) is 19.3 Å². The third-order valence-electron chi connectivity index (χ3n) is 10.5. The number of carbonyl (C=O) groups excluding carboxylic acids is 2. The first-order valence-electron chi connectivity index (χ1n) is 13.3. The highest BCUT2D eigenvalue weighted by molar-refractivity contribution is 5.79. The average Bonchev–Trinajstić information content (AvgIpc) is 3.03. The molecule has 0 aromatic carbocycles. The monoisotopic (exact) mass is 446 g/mol. The number of hydrogen-bond acceptors (Lipinski definition) is 4. The molecule has 0 spiro atoms. The summed E-state index contributed by atoms with van der Waals surface area (Å²) in [4.78, 5) is 24.4. The van der Waals surface area contributed by atoms with Crippen molar-refractivity contribution in [1.82, 2.24) is 0 Å². The molecule has 4 nitrogen and oxygen atoms in total. The Morgan fingerprint density at radius 2 is 1.81 bits per heavy atom. The smallest absolute Gasteiger partial charge is 0.306 e. The summed E-state index contributed by atoms with van der Waals surface area (Å²) in [5.41, 5.74) is 0.0562. The van der Waals surface area contributed by atoms with Crippen molar-refractivity contribution in [3.63, 3.8) is 0 Å². The van der Waals surface area contributed by atoms with Crippen LogP contribution in [0.25, 0.3) is 0 Å². The van der Waals surface area contributed by atoms with Crippen molar-refractivity contribution in [2.75, 3.05) is 0 Å². The van der Waals surface area contributed by atoms with E-state index in [4.69, 9.17) is 4.74 Å². The number of ether oxygens (including phenoxy) is 1. The van der Waals surface area contributed by atoms with Crippen LogP contribution in [0.5, 0.6) is 0 Å². The molecular formula is C28H46O4. The molecule has 1 unspecified atom stereocenters. The minimum atomic E-state index is -0.419. The van der Waals surface area contributed by atoms with Gasteiger partial charge >= 0.3 is 5.97 Å². The molecule has 9 atom stereocenters. The maximum atomic E-state index is 12.3. The lowest BCUT2D eigenvalue weighted by Gasteiger charge is -2.62. The largest absolute Gasteiger partial charge is 0.460 e. The molecule has 1 N–H and O–H groups in total. The third kappa shape index (κ3) is 4.18. The normalized spacial score (nSPS) is 44.9. The molecule has 4 fully saturated rings. The predicted octanol–water partition coefficient (Wildman–Crippen LogP) is 5.94. The number of aliphatic hydroxyl groups excluding tert-OH is 1. The zero-order valence-corrected chi connectivity index (χ0v) is 21.3. The van der Waals surface area contributed by atoms with Crippen molar-refractivity contribution in [2.45, 2.75) is 117 Å². The molecular weight excluding hydrogens is 400 g/mol. The zero-order valence-electron chi connectivity index (χ0n) is 21.3. The summed E-state index contributed by atoms with van der Waals surface area (Å²) in [6.45, 7) is 13.0. The summed E-state index contributed by atoms with van der Waals surface area (Å²) in [5, 5.41) is 11.3. The SMILES string of the molecule is C[C@H](CCC(=O)OC(C)(C)C)C1CC[C@H]2[C@@H]3[C@@H](O)C[C@@H]4CC(=O)CC[C@]4(C)[C@H]3CC[C@]12C. The Balaban J connectivity index is 1.46. The van der Waals surface area contributed by atoms with E-state index in [1.54, 1.807) is 0 Å². The summed E-state index contributed by atoms with van der Waals surface area (Å²) in [6, 6.07) is 0. The van der Waals surface area contributed by atoms with Crippen LogP contribution in [-0.4, -0.2) is 28.6 Å². The van der Waals surface area contributed by atoms with E-state index in [2.05, 4.69) is 20.8 Å². The molecule has 182 valence electrons. The number of hydrogen-bond donors (Lipinski definition) is 1. The Hall–Kier alpha value is -0.900. The van der Waals surface area contributed by atoms with Gasteiger partial charge in [0.2, 0.25) is 0 Å². The van der Waals surface area contributed by atoms with Crippen molar-refractivity contribution in [2.24, 2.45) is 46.3 Å².